The molecule has 0 saturated heterocycles. The molecule has 2 aromatic rings. The fourth-order valence-electron chi connectivity index (χ4n) is 1.19. The van der Waals surface area contributed by atoms with E-state index >= 15 is 0 Å². The summed E-state index contributed by atoms with van der Waals surface area (Å²) in [6, 6.07) is 4.33. The summed E-state index contributed by atoms with van der Waals surface area (Å²) in [5.74, 6) is -1.70. The van der Waals surface area contributed by atoms with Crippen LogP contribution in [0.3, 0.4) is 0 Å². The Labute approximate surface area is 102 Å². The number of nitrogens with zero attached hydrogens (tertiary/aromatic N) is 2. The van der Waals surface area contributed by atoms with Gasteiger partial charge >= 0.3 is 5.97 Å². The van der Waals surface area contributed by atoms with Crippen molar-refractivity contribution in [3.63, 3.8) is 0 Å². The van der Waals surface area contributed by atoms with E-state index in [1.54, 1.807) is 6.07 Å². The first-order valence-corrected chi connectivity index (χ1v) is 5.67. The number of benzene rings is 1. The maximum absolute atomic E-state index is 13.6. The van der Waals surface area contributed by atoms with Crippen molar-refractivity contribution in [2.45, 2.75) is 0 Å². The van der Waals surface area contributed by atoms with Crippen molar-refractivity contribution in [2.75, 3.05) is 0 Å². The highest BCUT2D eigenvalue weighted by atomic mass is 79.9. The molecule has 1 N–H and O–H groups in total. The van der Waals surface area contributed by atoms with Crippen LogP contribution in [-0.4, -0.2) is 20.7 Å². The zero-order chi connectivity index (χ0) is 11.7. The molecule has 0 atom stereocenters. The minimum absolute atomic E-state index is 0.0579. The lowest BCUT2D eigenvalue weighted by atomic mass is 10.1. The van der Waals surface area contributed by atoms with Gasteiger partial charge in [-0.25, -0.2) is 9.18 Å². The van der Waals surface area contributed by atoms with Crippen LogP contribution in [0.2, 0.25) is 0 Å². The Morgan fingerprint density at radius 1 is 1.50 bits per heavy atom. The summed E-state index contributed by atoms with van der Waals surface area (Å²) in [5.41, 5.74) is 0.192. The van der Waals surface area contributed by atoms with Gasteiger partial charge in [0.15, 0.2) is 4.88 Å². The normalized spacial score (nSPS) is 10.4. The molecule has 0 aliphatic heterocycles. The predicted octanol–water partition coefficient (Wildman–Crippen LogP) is 2.80. The van der Waals surface area contributed by atoms with Gasteiger partial charge in [0.25, 0.3) is 0 Å². The zero-order valence-electron chi connectivity index (χ0n) is 7.65. The highest BCUT2D eigenvalue weighted by Crippen LogP contribution is 2.28. The van der Waals surface area contributed by atoms with Gasteiger partial charge in [-0.05, 0) is 29.7 Å². The molecule has 7 heteroatoms. The van der Waals surface area contributed by atoms with E-state index in [4.69, 9.17) is 5.11 Å². The summed E-state index contributed by atoms with van der Waals surface area (Å²) in [7, 11) is 0. The standard InChI is InChI=1S/C9H4BrFN2O2S/c10-4-1-2-5(6(11)3-4)7-8(9(14)15)16-13-12-7/h1-3H,(H,14,15). The zero-order valence-corrected chi connectivity index (χ0v) is 10.0. The Kier molecular flexibility index (Phi) is 2.97. The summed E-state index contributed by atoms with van der Waals surface area (Å²) >= 11 is 3.84. The van der Waals surface area contributed by atoms with Crippen LogP contribution in [-0.2, 0) is 0 Å². The number of aromatic carboxylic acids is 1. The van der Waals surface area contributed by atoms with E-state index in [-0.39, 0.29) is 16.1 Å². The molecule has 1 heterocycles. The van der Waals surface area contributed by atoms with Gasteiger partial charge in [0.1, 0.15) is 11.5 Å². The number of hydrogen-bond donors (Lipinski definition) is 1. The number of aromatic nitrogens is 2. The van der Waals surface area contributed by atoms with Crippen LogP contribution in [0.5, 0.6) is 0 Å². The SMILES string of the molecule is O=C(O)c1snnc1-c1ccc(Br)cc1F. The highest BCUT2D eigenvalue weighted by Gasteiger charge is 2.19. The molecule has 4 nitrogen and oxygen atoms in total. The Hall–Kier alpha value is -1.34. The quantitative estimate of drug-likeness (QED) is 0.926. The molecule has 82 valence electrons. The van der Waals surface area contributed by atoms with Gasteiger partial charge in [-0.1, -0.05) is 20.4 Å². The van der Waals surface area contributed by atoms with Gasteiger partial charge in [-0.15, -0.1) is 5.10 Å². The number of halogens is 2. The van der Waals surface area contributed by atoms with Gasteiger partial charge < -0.3 is 5.11 Å². The topological polar surface area (TPSA) is 63.1 Å². The maximum atomic E-state index is 13.6. The lowest BCUT2D eigenvalue weighted by Gasteiger charge is -2.00. The fraction of sp³-hybridized carbons (Fsp3) is 0. The summed E-state index contributed by atoms with van der Waals surface area (Å²) in [4.78, 5) is 10.8. The predicted molar refractivity (Wildman–Crippen MR) is 60.0 cm³/mol. The first kappa shape index (κ1) is 11.2. The van der Waals surface area contributed by atoms with Crippen LogP contribution in [0.4, 0.5) is 4.39 Å². The van der Waals surface area contributed by atoms with Crippen molar-refractivity contribution in [3.8, 4) is 11.3 Å². The summed E-state index contributed by atoms with van der Waals surface area (Å²) < 4.78 is 17.7. The first-order chi connectivity index (χ1) is 7.59. The average molecular weight is 303 g/mol. The van der Waals surface area contributed by atoms with E-state index in [2.05, 4.69) is 25.5 Å². The maximum Gasteiger partial charge on any atom is 0.349 e. The molecule has 0 aliphatic rings. The number of carboxylic acids is 1. The number of carbonyl (C=O) groups is 1. The molecule has 16 heavy (non-hydrogen) atoms. The van der Waals surface area contributed by atoms with Crippen LogP contribution >= 0.6 is 27.5 Å². The van der Waals surface area contributed by atoms with Crippen LogP contribution in [0.15, 0.2) is 22.7 Å². The smallest absolute Gasteiger partial charge is 0.349 e. The van der Waals surface area contributed by atoms with Gasteiger partial charge in [-0.3, -0.25) is 0 Å². The molecule has 0 aliphatic carbocycles. The summed E-state index contributed by atoms with van der Waals surface area (Å²) in [6.07, 6.45) is 0. The second-order valence-electron chi connectivity index (χ2n) is 2.88. The monoisotopic (exact) mass is 302 g/mol. The van der Waals surface area contributed by atoms with E-state index in [0.717, 1.165) is 11.5 Å². The number of rotatable bonds is 2. The highest BCUT2D eigenvalue weighted by molar-refractivity contribution is 9.10. The molecule has 0 radical (unpaired) electrons. The van der Waals surface area contributed by atoms with Crippen molar-refractivity contribution in [1.82, 2.24) is 9.59 Å². The molecule has 0 spiro atoms. The van der Waals surface area contributed by atoms with Gasteiger partial charge in [0.05, 0.1) is 0 Å². The van der Waals surface area contributed by atoms with Crippen molar-refractivity contribution < 1.29 is 14.3 Å². The molecule has 2 rings (SSSR count). The fourth-order valence-corrected chi connectivity index (χ4v) is 2.04. The van der Waals surface area contributed by atoms with Gasteiger partial charge in [0.2, 0.25) is 0 Å². The molecule has 0 fully saturated rings. The molecular weight excluding hydrogens is 299 g/mol. The largest absolute Gasteiger partial charge is 0.477 e. The van der Waals surface area contributed by atoms with E-state index in [0.29, 0.717) is 4.47 Å². The van der Waals surface area contributed by atoms with Crippen molar-refractivity contribution in [3.05, 3.63) is 33.4 Å². The minimum atomic E-state index is -1.16. The van der Waals surface area contributed by atoms with E-state index in [1.165, 1.54) is 12.1 Å². The molecule has 0 unspecified atom stereocenters. The van der Waals surface area contributed by atoms with E-state index in [9.17, 15) is 9.18 Å². The van der Waals surface area contributed by atoms with Crippen LogP contribution in [0, 0.1) is 5.82 Å². The molecular formula is C9H4BrFN2O2S. The molecule has 0 amide bonds. The number of carboxylic acid groups (broad SMARTS) is 1. The van der Waals surface area contributed by atoms with Crippen molar-refractivity contribution in [2.24, 2.45) is 0 Å². The lowest BCUT2D eigenvalue weighted by molar-refractivity contribution is 0.0702. The average Bonchev–Trinajstić information content (AvgIpc) is 2.66. The third-order valence-corrected chi connectivity index (χ3v) is 3.08. The van der Waals surface area contributed by atoms with Crippen LogP contribution < -0.4 is 0 Å². The van der Waals surface area contributed by atoms with E-state index < -0.39 is 11.8 Å². The summed E-state index contributed by atoms with van der Waals surface area (Å²) in [6.45, 7) is 0. The summed E-state index contributed by atoms with van der Waals surface area (Å²) in [5, 5.41) is 12.5. The Morgan fingerprint density at radius 2 is 2.25 bits per heavy atom. The molecule has 0 bridgehead atoms. The van der Waals surface area contributed by atoms with Crippen molar-refractivity contribution in [1.29, 1.82) is 0 Å². The van der Waals surface area contributed by atoms with E-state index in [1.807, 2.05) is 0 Å². The Bertz CT molecular complexity index is 558. The lowest BCUT2D eigenvalue weighted by Crippen LogP contribution is -1.96. The third kappa shape index (κ3) is 1.96. The number of hydrogen-bond acceptors (Lipinski definition) is 4. The molecule has 1 aromatic heterocycles. The van der Waals surface area contributed by atoms with Crippen LogP contribution in [0.25, 0.3) is 11.3 Å². The Balaban J connectivity index is 2.59. The van der Waals surface area contributed by atoms with Gasteiger partial charge in [-0.2, -0.15) is 0 Å². The first-order valence-electron chi connectivity index (χ1n) is 4.10. The minimum Gasteiger partial charge on any atom is -0.477 e. The second kappa shape index (κ2) is 4.26. The van der Waals surface area contributed by atoms with Crippen LogP contribution in [0.1, 0.15) is 9.67 Å². The second-order valence-corrected chi connectivity index (χ2v) is 4.55. The Morgan fingerprint density at radius 3 is 2.88 bits per heavy atom. The van der Waals surface area contributed by atoms with Crippen molar-refractivity contribution >= 4 is 33.4 Å². The van der Waals surface area contributed by atoms with Gasteiger partial charge in [0, 0.05) is 10.0 Å². The molecule has 1 aromatic carbocycles. The molecule has 0 saturated carbocycles. The third-order valence-electron chi connectivity index (χ3n) is 1.87.